The summed E-state index contributed by atoms with van der Waals surface area (Å²) in [5.41, 5.74) is 10.1. The third-order valence-corrected chi connectivity index (χ3v) is 14.2. The average molecular weight is 953 g/mol. The summed E-state index contributed by atoms with van der Waals surface area (Å²) >= 11 is 0. The molecule has 3 N–H and O–H groups in total. The van der Waals surface area contributed by atoms with Gasteiger partial charge in [-0.25, -0.2) is 19.2 Å². The summed E-state index contributed by atoms with van der Waals surface area (Å²) in [6.07, 6.45) is 8.86. The first-order chi connectivity index (χ1) is 33.5. The third kappa shape index (κ3) is 11.0. The van der Waals surface area contributed by atoms with Crippen LogP contribution in [0.3, 0.4) is 0 Å². The standard InChI is InChI=1S/C54H65FN10O5/c1-34-27-39(52(68)65-21-14-36(15-22-65)32-63-23-25-64(26-24-63)46-10-8-40(29-44(46)55)58-45-9-12-48(66)60-51(45)67)28-35(2)49(34)37-16-19-62(20-17-37)33-41-30-43-42(13-18-56-50(43)61(41)6)38-7-11-47(57-31-38)59-53(69)70-54(3,4)5/h7-8,10-11,13,16,18,27-31,36,45,58H,9,12,14-15,17,19-26,32-33H2,1-6H3,(H,57,59,69)(H,60,66,67). The van der Waals surface area contributed by atoms with Crippen LogP contribution in [0.1, 0.15) is 85.6 Å². The highest BCUT2D eigenvalue weighted by Gasteiger charge is 2.30. The van der Waals surface area contributed by atoms with E-state index in [9.17, 15) is 19.2 Å². The zero-order valence-corrected chi connectivity index (χ0v) is 41.2. The lowest BCUT2D eigenvalue weighted by atomic mass is 9.89. The number of pyridine rings is 2. The van der Waals surface area contributed by atoms with Gasteiger partial charge in [0.2, 0.25) is 11.8 Å². The predicted octanol–water partition coefficient (Wildman–Crippen LogP) is 7.92. The number of nitrogens with zero attached hydrogens (tertiary/aromatic N) is 7. The molecule has 3 fully saturated rings. The quantitative estimate of drug-likeness (QED) is 0.111. The fourth-order valence-electron chi connectivity index (χ4n) is 10.5. The number of likely N-dealkylation sites (tertiary alicyclic amines) is 1. The number of halogens is 1. The molecule has 0 aliphatic carbocycles. The monoisotopic (exact) mass is 953 g/mol. The maximum atomic E-state index is 15.3. The lowest BCUT2D eigenvalue weighted by Crippen LogP contribution is -2.49. The molecule has 4 aliphatic heterocycles. The van der Waals surface area contributed by atoms with Crippen LogP contribution in [0.25, 0.3) is 27.7 Å². The second-order valence-corrected chi connectivity index (χ2v) is 20.4. The first-order valence-electron chi connectivity index (χ1n) is 24.6. The van der Waals surface area contributed by atoms with Crippen LogP contribution >= 0.6 is 0 Å². The third-order valence-electron chi connectivity index (χ3n) is 14.2. The highest BCUT2D eigenvalue weighted by molar-refractivity contribution is 6.01. The summed E-state index contributed by atoms with van der Waals surface area (Å²) in [6, 6.07) is 16.5. The van der Waals surface area contributed by atoms with Gasteiger partial charge in [-0.3, -0.25) is 34.8 Å². The van der Waals surface area contributed by atoms with Gasteiger partial charge in [0.15, 0.2) is 0 Å². The van der Waals surface area contributed by atoms with E-state index in [-0.39, 0.29) is 30.0 Å². The fourth-order valence-corrected chi connectivity index (χ4v) is 10.5. The minimum absolute atomic E-state index is 0.102. The maximum absolute atomic E-state index is 15.3. The maximum Gasteiger partial charge on any atom is 0.413 e. The molecule has 70 heavy (non-hydrogen) atoms. The van der Waals surface area contributed by atoms with Crippen LogP contribution in [0.5, 0.6) is 0 Å². The lowest BCUT2D eigenvalue weighted by Gasteiger charge is -2.39. The van der Waals surface area contributed by atoms with Gasteiger partial charge in [0.1, 0.15) is 28.9 Å². The van der Waals surface area contributed by atoms with Crippen LogP contribution < -0.4 is 20.9 Å². The van der Waals surface area contributed by atoms with E-state index >= 15 is 4.39 Å². The number of fused-ring (bicyclic) bond motifs is 1. The van der Waals surface area contributed by atoms with Crippen molar-refractivity contribution in [3.05, 3.63) is 107 Å². The predicted molar refractivity (Wildman–Crippen MR) is 271 cm³/mol. The second kappa shape index (κ2) is 20.4. The van der Waals surface area contributed by atoms with Gasteiger partial charge in [-0.15, -0.1) is 0 Å². The molecule has 4 aliphatic rings. The van der Waals surface area contributed by atoms with Crippen molar-refractivity contribution in [2.45, 2.75) is 84.9 Å². The summed E-state index contributed by atoms with van der Waals surface area (Å²) in [5.74, 6) is 0.0286. The van der Waals surface area contributed by atoms with Gasteiger partial charge in [-0.1, -0.05) is 6.08 Å². The molecular weight excluding hydrogens is 888 g/mol. The number of hydrogen-bond acceptors (Lipinski definition) is 11. The highest BCUT2D eigenvalue weighted by Crippen LogP contribution is 2.34. The topological polar surface area (TPSA) is 157 Å². The molecule has 16 heteroatoms. The molecule has 1 unspecified atom stereocenters. The Labute approximate surface area is 409 Å². The Balaban J connectivity index is 0.745. The summed E-state index contributed by atoms with van der Waals surface area (Å²) in [7, 11) is 2.06. The van der Waals surface area contributed by atoms with Crippen molar-refractivity contribution in [1.82, 2.24) is 34.6 Å². The molecule has 5 aromatic rings. The van der Waals surface area contributed by atoms with Gasteiger partial charge in [0.25, 0.3) is 5.91 Å². The average Bonchev–Trinajstić information content (AvgIpc) is 3.64. The SMILES string of the molecule is Cc1cc(C(=O)N2CCC(CN3CCN(c4ccc(NC5CCC(=O)NC5=O)cc4F)CC3)CC2)cc(C)c1C1=CCN(Cc2cc3c(-c4ccc(NC(=O)OC(C)(C)C)nc4)ccnc3n2C)CC1. The Bertz CT molecular complexity index is 2800. The van der Waals surface area contributed by atoms with E-state index in [0.717, 1.165) is 124 Å². The van der Waals surface area contributed by atoms with Gasteiger partial charge in [0, 0.05) is 119 Å². The molecule has 368 valence electrons. The smallest absolute Gasteiger partial charge is 0.413 e. The van der Waals surface area contributed by atoms with Crippen molar-refractivity contribution in [1.29, 1.82) is 0 Å². The minimum Gasteiger partial charge on any atom is -0.444 e. The van der Waals surface area contributed by atoms with Gasteiger partial charge in [0.05, 0.1) is 5.69 Å². The van der Waals surface area contributed by atoms with Crippen LogP contribution in [0.15, 0.2) is 73.1 Å². The number of rotatable bonds is 11. The number of imide groups is 1. The zero-order chi connectivity index (χ0) is 49.3. The van der Waals surface area contributed by atoms with E-state index in [4.69, 9.17) is 9.72 Å². The zero-order valence-electron chi connectivity index (χ0n) is 41.2. The van der Waals surface area contributed by atoms with Crippen molar-refractivity contribution in [2.24, 2.45) is 13.0 Å². The normalized spacial score (nSPS) is 18.7. The largest absolute Gasteiger partial charge is 0.444 e. The van der Waals surface area contributed by atoms with Gasteiger partial charge < -0.3 is 24.4 Å². The fraction of sp³-hybridized carbons (Fsp3) is 0.444. The molecule has 2 aromatic carbocycles. The van der Waals surface area contributed by atoms with Crippen LogP contribution in [0.2, 0.25) is 0 Å². The summed E-state index contributed by atoms with van der Waals surface area (Å²) in [5, 5.41) is 9.14. The Morgan fingerprint density at radius 1 is 0.871 bits per heavy atom. The Hall–Kier alpha value is -6.65. The van der Waals surface area contributed by atoms with Crippen molar-refractivity contribution in [3.63, 3.8) is 0 Å². The molecule has 3 aromatic heterocycles. The minimum atomic E-state index is -0.601. The Morgan fingerprint density at radius 2 is 1.63 bits per heavy atom. The molecule has 0 bridgehead atoms. The molecule has 0 radical (unpaired) electrons. The number of carbonyl (C=O) groups is 4. The van der Waals surface area contributed by atoms with E-state index in [1.165, 1.54) is 22.9 Å². The number of aromatic nitrogens is 3. The van der Waals surface area contributed by atoms with E-state index in [1.54, 1.807) is 24.4 Å². The van der Waals surface area contributed by atoms with Gasteiger partial charge in [-0.05, 0) is 149 Å². The van der Waals surface area contributed by atoms with Crippen LogP contribution in [-0.4, -0.2) is 124 Å². The number of piperidine rings is 2. The first kappa shape index (κ1) is 48.4. The Kier molecular flexibility index (Phi) is 14.1. The van der Waals surface area contributed by atoms with Crippen molar-refractivity contribution in [3.8, 4) is 11.1 Å². The highest BCUT2D eigenvalue weighted by atomic mass is 19.1. The molecule has 1 atom stereocenters. The van der Waals surface area contributed by atoms with Crippen LogP contribution in [-0.2, 0) is 27.9 Å². The summed E-state index contributed by atoms with van der Waals surface area (Å²) in [4.78, 5) is 68.1. The van der Waals surface area contributed by atoms with Crippen LogP contribution in [0.4, 0.5) is 26.4 Å². The number of nitrogens with one attached hydrogen (secondary N) is 3. The van der Waals surface area contributed by atoms with Crippen LogP contribution in [0, 0.1) is 25.6 Å². The Morgan fingerprint density at radius 3 is 2.29 bits per heavy atom. The number of piperazine rings is 1. The number of aryl methyl sites for hydroxylation is 3. The molecule has 4 amide bonds. The molecule has 0 spiro atoms. The van der Waals surface area contributed by atoms with Gasteiger partial charge >= 0.3 is 6.09 Å². The van der Waals surface area contributed by atoms with E-state index < -0.39 is 17.7 Å². The molecular formula is C54H65FN10O5. The number of ether oxygens (including phenoxy) is 1. The lowest BCUT2D eigenvalue weighted by molar-refractivity contribution is -0.133. The second-order valence-electron chi connectivity index (χ2n) is 20.4. The molecule has 3 saturated heterocycles. The molecule has 0 saturated carbocycles. The first-order valence-corrected chi connectivity index (χ1v) is 24.6. The number of anilines is 3. The molecule has 9 rings (SSSR count). The van der Waals surface area contributed by atoms with E-state index in [1.807, 2.05) is 44.0 Å². The van der Waals surface area contributed by atoms with E-state index in [0.29, 0.717) is 29.5 Å². The van der Waals surface area contributed by atoms with E-state index in [2.05, 4.69) is 85.4 Å². The van der Waals surface area contributed by atoms with Gasteiger partial charge in [-0.2, -0.15) is 0 Å². The number of benzene rings is 2. The number of hydrogen-bond donors (Lipinski definition) is 3. The number of carbonyl (C=O) groups excluding carboxylic acids is 4. The van der Waals surface area contributed by atoms with Crippen molar-refractivity contribution < 1.29 is 28.3 Å². The van der Waals surface area contributed by atoms with Crippen molar-refractivity contribution in [2.75, 3.05) is 74.4 Å². The van der Waals surface area contributed by atoms with Crippen molar-refractivity contribution >= 4 is 57.6 Å². The molecule has 7 heterocycles. The summed E-state index contributed by atoms with van der Waals surface area (Å²) < 4.78 is 22.8. The molecule has 15 nitrogen and oxygen atoms in total. The summed E-state index contributed by atoms with van der Waals surface area (Å²) in [6.45, 7) is 17.8. The number of amides is 4.